The molecule has 0 bridgehead atoms. The Morgan fingerprint density at radius 1 is 1.03 bits per heavy atom. The number of benzene rings is 1. The summed E-state index contributed by atoms with van der Waals surface area (Å²) in [7, 11) is 0. The van der Waals surface area contributed by atoms with Crippen LogP contribution in [0.1, 0.15) is 74.7 Å². The van der Waals surface area contributed by atoms with Crippen LogP contribution in [0.5, 0.6) is 0 Å². The number of ether oxygens (including phenoxy) is 1. The first-order chi connectivity index (χ1) is 16.0. The molecule has 1 saturated heterocycles. The third kappa shape index (κ3) is 3.35. The molecule has 182 valence electrons. The summed E-state index contributed by atoms with van der Waals surface area (Å²) >= 11 is 0. The minimum absolute atomic E-state index is 0. The fraction of sp³-hybridized carbons (Fsp3) is 0.577. The van der Waals surface area contributed by atoms with Gasteiger partial charge in [0.1, 0.15) is 11.7 Å². The van der Waals surface area contributed by atoms with Crippen molar-refractivity contribution in [1.82, 2.24) is 4.57 Å². The lowest BCUT2D eigenvalue weighted by Crippen LogP contribution is -2.46. The highest BCUT2D eigenvalue weighted by atomic mass is 35.5. The van der Waals surface area contributed by atoms with Gasteiger partial charge in [-0.3, -0.25) is 14.2 Å². The van der Waals surface area contributed by atoms with Crippen molar-refractivity contribution in [2.75, 3.05) is 11.4 Å². The van der Waals surface area contributed by atoms with Crippen LogP contribution in [0.4, 0.5) is 5.69 Å². The maximum atomic E-state index is 12.9. The van der Waals surface area contributed by atoms with Crippen LogP contribution >= 0.6 is 12.4 Å². The molecule has 1 aromatic carbocycles. The topological polar surface area (TPSA) is 94.6 Å². The summed E-state index contributed by atoms with van der Waals surface area (Å²) in [6, 6.07) is 7.53. The van der Waals surface area contributed by atoms with Crippen molar-refractivity contribution in [2.45, 2.75) is 76.0 Å². The molecular formula is C26H32ClN3O4. The van der Waals surface area contributed by atoms with Gasteiger partial charge < -0.3 is 15.4 Å². The van der Waals surface area contributed by atoms with E-state index < -0.39 is 11.7 Å². The molecule has 6 rings (SSSR count). The second-order valence-electron chi connectivity index (χ2n) is 10.3. The van der Waals surface area contributed by atoms with Crippen molar-refractivity contribution in [3.8, 4) is 0 Å². The van der Waals surface area contributed by atoms with Crippen LogP contribution in [0.15, 0.2) is 24.3 Å². The lowest BCUT2D eigenvalue weighted by Gasteiger charge is -2.34. The number of carbonyl (C=O) groups is 3. The van der Waals surface area contributed by atoms with Gasteiger partial charge in [-0.15, -0.1) is 12.4 Å². The maximum absolute atomic E-state index is 12.9. The van der Waals surface area contributed by atoms with Crippen LogP contribution in [0, 0.1) is 11.8 Å². The Bertz CT molecular complexity index is 1150. The van der Waals surface area contributed by atoms with Gasteiger partial charge in [0.05, 0.1) is 5.52 Å². The van der Waals surface area contributed by atoms with E-state index in [1.807, 2.05) is 28.8 Å². The standard InChI is InChI=1S/C26H31N3O4.ClH/c27-24(31)23-19(16-6-2-1-3-7-16)11-13-28(23)18-9-10-20-17(14-18)15-21-25(32)33-26(29(20)21)12-5-4-8-22(26)30;/h9-10,14-16,19,23H,1-8,11-13H2,(H2,27,31);1H/t19-,23-,26?;/m0./s1. The summed E-state index contributed by atoms with van der Waals surface area (Å²) in [5, 5.41) is 0.890. The van der Waals surface area contributed by atoms with Crippen LogP contribution in [-0.2, 0) is 20.1 Å². The third-order valence-corrected chi connectivity index (χ3v) is 8.55. The molecule has 3 heterocycles. The van der Waals surface area contributed by atoms with E-state index >= 15 is 0 Å². The number of primary amides is 1. The van der Waals surface area contributed by atoms with Gasteiger partial charge in [0.25, 0.3) is 0 Å². The zero-order valence-electron chi connectivity index (χ0n) is 19.3. The number of ketones is 1. The Labute approximate surface area is 205 Å². The van der Waals surface area contributed by atoms with Gasteiger partial charge in [-0.1, -0.05) is 32.1 Å². The molecule has 7 nitrogen and oxygen atoms in total. The molecule has 2 aliphatic carbocycles. The number of halogens is 1. The third-order valence-electron chi connectivity index (χ3n) is 8.55. The molecule has 2 saturated carbocycles. The lowest BCUT2D eigenvalue weighted by atomic mass is 9.76. The Kier molecular flexibility index (Phi) is 5.87. The molecule has 1 amide bonds. The highest BCUT2D eigenvalue weighted by Crippen LogP contribution is 2.45. The average Bonchev–Trinajstić information content (AvgIpc) is 3.49. The van der Waals surface area contributed by atoms with E-state index in [2.05, 4.69) is 4.90 Å². The number of anilines is 1. The van der Waals surface area contributed by atoms with E-state index in [1.165, 1.54) is 32.1 Å². The molecule has 2 aromatic rings. The van der Waals surface area contributed by atoms with Crippen LogP contribution in [0.25, 0.3) is 10.9 Å². The Morgan fingerprint density at radius 3 is 2.56 bits per heavy atom. The van der Waals surface area contributed by atoms with Gasteiger partial charge in [0, 0.05) is 30.5 Å². The Balaban J connectivity index is 0.00000241. The van der Waals surface area contributed by atoms with E-state index in [-0.39, 0.29) is 30.1 Å². The Morgan fingerprint density at radius 2 is 1.82 bits per heavy atom. The summed E-state index contributed by atoms with van der Waals surface area (Å²) in [5.74, 6) is 0.159. The molecule has 34 heavy (non-hydrogen) atoms. The van der Waals surface area contributed by atoms with Crippen molar-refractivity contribution in [3.63, 3.8) is 0 Å². The van der Waals surface area contributed by atoms with E-state index in [4.69, 9.17) is 10.5 Å². The predicted molar refractivity (Wildman–Crippen MR) is 131 cm³/mol. The fourth-order valence-electron chi connectivity index (χ4n) is 7.03. The van der Waals surface area contributed by atoms with Crippen molar-refractivity contribution in [2.24, 2.45) is 17.6 Å². The number of hydrogen-bond donors (Lipinski definition) is 1. The highest BCUT2D eigenvalue weighted by Gasteiger charge is 2.52. The highest BCUT2D eigenvalue weighted by molar-refractivity contribution is 6.03. The number of rotatable bonds is 3. The summed E-state index contributed by atoms with van der Waals surface area (Å²) in [5.41, 5.74) is 6.96. The van der Waals surface area contributed by atoms with E-state index in [0.717, 1.165) is 42.4 Å². The second-order valence-corrected chi connectivity index (χ2v) is 10.3. The quantitative estimate of drug-likeness (QED) is 0.654. The summed E-state index contributed by atoms with van der Waals surface area (Å²) in [4.78, 5) is 40.3. The van der Waals surface area contributed by atoms with E-state index in [9.17, 15) is 14.4 Å². The first-order valence-electron chi connectivity index (χ1n) is 12.5. The van der Waals surface area contributed by atoms with Crippen molar-refractivity contribution in [3.05, 3.63) is 30.0 Å². The number of aromatic nitrogens is 1. The second kappa shape index (κ2) is 8.59. The summed E-state index contributed by atoms with van der Waals surface area (Å²) in [6.45, 7) is 0.804. The van der Waals surface area contributed by atoms with E-state index in [1.54, 1.807) is 0 Å². The average molecular weight is 486 g/mol. The molecule has 8 heteroatoms. The summed E-state index contributed by atoms with van der Waals surface area (Å²) in [6.07, 6.45) is 9.77. The molecule has 1 unspecified atom stereocenters. The van der Waals surface area contributed by atoms with Gasteiger partial charge in [0.15, 0.2) is 5.78 Å². The zero-order valence-corrected chi connectivity index (χ0v) is 20.1. The number of carbonyl (C=O) groups excluding carboxylic acids is 3. The Hall–Kier alpha value is -2.54. The molecule has 1 spiro atoms. The van der Waals surface area contributed by atoms with Crippen molar-refractivity contribution < 1.29 is 19.1 Å². The van der Waals surface area contributed by atoms with Gasteiger partial charge in [0.2, 0.25) is 11.6 Å². The minimum Gasteiger partial charge on any atom is -0.426 e. The summed E-state index contributed by atoms with van der Waals surface area (Å²) < 4.78 is 7.50. The molecule has 2 aliphatic heterocycles. The monoisotopic (exact) mass is 485 g/mol. The molecule has 1 aromatic heterocycles. The van der Waals surface area contributed by atoms with Crippen LogP contribution in [-0.4, -0.2) is 34.8 Å². The number of fused-ring (bicyclic) bond motifs is 4. The van der Waals surface area contributed by atoms with Crippen LogP contribution in [0.3, 0.4) is 0 Å². The predicted octanol–water partition coefficient (Wildman–Crippen LogP) is 4.29. The molecule has 3 atom stereocenters. The van der Waals surface area contributed by atoms with Crippen molar-refractivity contribution >= 4 is 46.7 Å². The first-order valence-corrected chi connectivity index (χ1v) is 12.5. The number of esters is 1. The SMILES string of the molecule is Cl.NC(=O)[C@@H]1[C@H](C2CCCCC2)CCN1c1ccc2c(c1)cc1n2C2(CCCCC2=O)OC1=O. The molecule has 3 fully saturated rings. The van der Waals surface area contributed by atoms with E-state index in [0.29, 0.717) is 30.4 Å². The van der Waals surface area contributed by atoms with Gasteiger partial charge in [-0.25, -0.2) is 4.79 Å². The molecule has 4 aliphatic rings. The first kappa shape index (κ1) is 23.2. The zero-order chi connectivity index (χ0) is 22.7. The number of nitrogens with zero attached hydrogens (tertiary/aromatic N) is 2. The maximum Gasteiger partial charge on any atom is 0.357 e. The lowest BCUT2D eigenvalue weighted by molar-refractivity contribution is -0.150. The molecular weight excluding hydrogens is 454 g/mol. The van der Waals surface area contributed by atoms with Crippen LogP contribution < -0.4 is 10.6 Å². The van der Waals surface area contributed by atoms with Crippen LogP contribution in [0.2, 0.25) is 0 Å². The number of Topliss-reactive ketones (excluding diaryl/α,β-unsaturated/α-hetero) is 1. The molecule has 2 N–H and O–H groups in total. The minimum atomic E-state index is -1.19. The number of nitrogens with two attached hydrogens (primary N) is 1. The smallest absolute Gasteiger partial charge is 0.357 e. The van der Waals surface area contributed by atoms with Crippen molar-refractivity contribution in [1.29, 1.82) is 0 Å². The van der Waals surface area contributed by atoms with Gasteiger partial charge in [-0.05, 0) is 55.4 Å². The van der Waals surface area contributed by atoms with Gasteiger partial charge in [-0.2, -0.15) is 0 Å². The molecule has 0 radical (unpaired) electrons. The largest absolute Gasteiger partial charge is 0.426 e. The number of amides is 1. The fourth-order valence-corrected chi connectivity index (χ4v) is 7.03. The normalized spacial score (nSPS) is 29.4. The number of hydrogen-bond acceptors (Lipinski definition) is 5. The van der Waals surface area contributed by atoms with Gasteiger partial charge >= 0.3 is 5.97 Å².